The predicted molar refractivity (Wildman–Crippen MR) is 118 cm³/mol. The molecule has 0 unspecified atom stereocenters. The van der Waals surface area contributed by atoms with Crippen molar-refractivity contribution in [1.29, 1.82) is 0 Å². The molecule has 0 amide bonds. The van der Waals surface area contributed by atoms with Crippen molar-refractivity contribution in [3.63, 3.8) is 0 Å². The Morgan fingerprint density at radius 1 is 1.13 bits per heavy atom. The van der Waals surface area contributed by atoms with Crippen LogP contribution in [0.3, 0.4) is 0 Å². The van der Waals surface area contributed by atoms with Gasteiger partial charge in [0.05, 0.1) is 0 Å². The molecule has 0 fully saturated rings. The lowest BCUT2D eigenvalue weighted by molar-refractivity contribution is 0.0314. The van der Waals surface area contributed by atoms with Gasteiger partial charge in [-0.15, -0.1) is 11.3 Å². The van der Waals surface area contributed by atoms with E-state index in [1.165, 1.54) is 11.3 Å². The number of Topliss-reactive ketones (excluding diaryl/α,β-unsaturated/α-hetero) is 1. The third kappa shape index (κ3) is 4.11. The van der Waals surface area contributed by atoms with Gasteiger partial charge in [-0.05, 0) is 25.5 Å². The van der Waals surface area contributed by atoms with Crippen LogP contribution in [0.2, 0.25) is 0 Å². The number of ketones is 1. The molecule has 1 atom stereocenters. The van der Waals surface area contributed by atoms with Crippen LogP contribution in [0, 0.1) is 6.92 Å². The van der Waals surface area contributed by atoms with Gasteiger partial charge in [-0.1, -0.05) is 48.5 Å². The number of carbonyl (C=O) groups is 2. The molecule has 7 heteroatoms. The first-order valence-corrected chi connectivity index (χ1v) is 10.5. The summed E-state index contributed by atoms with van der Waals surface area (Å²) in [5.74, 6) is -0.853. The molecule has 0 bridgehead atoms. The van der Waals surface area contributed by atoms with Crippen LogP contribution in [0.1, 0.15) is 39.0 Å². The summed E-state index contributed by atoms with van der Waals surface area (Å²) >= 11 is 1.32. The van der Waals surface area contributed by atoms with Crippen molar-refractivity contribution < 1.29 is 14.3 Å². The molecule has 0 aliphatic carbocycles. The van der Waals surface area contributed by atoms with Crippen molar-refractivity contribution >= 4 is 39.1 Å². The zero-order valence-corrected chi connectivity index (χ0v) is 17.5. The van der Waals surface area contributed by atoms with Gasteiger partial charge in [-0.2, -0.15) is 0 Å². The summed E-state index contributed by atoms with van der Waals surface area (Å²) in [4.78, 5) is 32.9. The summed E-state index contributed by atoms with van der Waals surface area (Å²) in [5, 5.41) is 6.27. The van der Waals surface area contributed by atoms with Crippen molar-refractivity contribution in [3.05, 3.63) is 82.5 Å². The fraction of sp³-hybridized carbons (Fsp3) is 0.174. The van der Waals surface area contributed by atoms with Crippen molar-refractivity contribution in [1.82, 2.24) is 9.97 Å². The van der Waals surface area contributed by atoms with Gasteiger partial charge in [-0.25, -0.2) is 9.78 Å². The van der Waals surface area contributed by atoms with Crippen LogP contribution in [0.5, 0.6) is 0 Å². The number of aromatic amines is 1. The zero-order valence-electron chi connectivity index (χ0n) is 16.6. The van der Waals surface area contributed by atoms with Crippen molar-refractivity contribution in [3.8, 4) is 0 Å². The molecular weight excluding hydrogens is 398 g/mol. The third-order valence-electron chi connectivity index (χ3n) is 4.79. The number of hydrogen-bond acceptors (Lipinski definition) is 6. The Hall–Kier alpha value is -3.45. The highest BCUT2D eigenvalue weighted by Crippen LogP contribution is 2.24. The lowest BCUT2D eigenvalue weighted by Crippen LogP contribution is -2.25. The van der Waals surface area contributed by atoms with Crippen LogP contribution in [0.15, 0.2) is 60.0 Å². The number of rotatable bonds is 7. The average molecular weight is 420 g/mol. The van der Waals surface area contributed by atoms with Crippen LogP contribution < -0.4 is 5.32 Å². The normalized spacial score (nSPS) is 11.9. The molecule has 6 nitrogen and oxygen atoms in total. The van der Waals surface area contributed by atoms with E-state index in [1.54, 1.807) is 12.3 Å². The summed E-state index contributed by atoms with van der Waals surface area (Å²) in [7, 11) is 0. The van der Waals surface area contributed by atoms with Gasteiger partial charge in [0, 0.05) is 34.1 Å². The van der Waals surface area contributed by atoms with Crippen molar-refractivity contribution in [2.75, 3.05) is 5.32 Å². The molecule has 2 aromatic carbocycles. The smallest absolute Gasteiger partial charge is 0.358 e. The first-order valence-electron chi connectivity index (χ1n) is 9.58. The summed E-state index contributed by atoms with van der Waals surface area (Å²) in [6.45, 7) is 4.03. The Bertz CT molecular complexity index is 1200. The van der Waals surface area contributed by atoms with E-state index in [0.717, 1.165) is 22.2 Å². The van der Waals surface area contributed by atoms with Crippen LogP contribution in [0.4, 0.5) is 5.13 Å². The number of nitrogens with one attached hydrogen (secondary N) is 2. The van der Waals surface area contributed by atoms with E-state index >= 15 is 0 Å². The Kier molecular flexibility index (Phi) is 5.63. The molecule has 4 rings (SSSR count). The Labute approximate surface area is 177 Å². The highest BCUT2D eigenvalue weighted by Gasteiger charge is 2.25. The molecular formula is C23H21N3O3S. The number of aryl methyl sites for hydroxylation is 1. The molecule has 0 saturated heterocycles. The van der Waals surface area contributed by atoms with E-state index in [2.05, 4.69) is 15.3 Å². The number of fused-ring (bicyclic) bond motifs is 1. The minimum Gasteiger partial charge on any atom is -0.450 e. The lowest BCUT2D eigenvalue weighted by Gasteiger charge is -2.11. The zero-order chi connectivity index (χ0) is 21.1. The highest BCUT2D eigenvalue weighted by molar-refractivity contribution is 7.13. The van der Waals surface area contributed by atoms with Gasteiger partial charge in [-0.3, -0.25) is 4.79 Å². The second-order valence-electron chi connectivity index (χ2n) is 6.96. The number of H-pyrrole nitrogens is 1. The fourth-order valence-electron chi connectivity index (χ4n) is 3.29. The van der Waals surface area contributed by atoms with Gasteiger partial charge in [0.2, 0.25) is 5.78 Å². The summed E-state index contributed by atoms with van der Waals surface area (Å²) in [6, 6.07) is 17.5. The summed E-state index contributed by atoms with van der Waals surface area (Å²) in [5.41, 5.74) is 3.49. The second kappa shape index (κ2) is 8.51. The number of carbonyl (C=O) groups excluding carboxylic acids is 2. The first kappa shape index (κ1) is 19.8. The maximum atomic E-state index is 12.9. The van der Waals surface area contributed by atoms with Gasteiger partial charge in [0.1, 0.15) is 0 Å². The van der Waals surface area contributed by atoms with Gasteiger partial charge in [0.15, 0.2) is 16.9 Å². The van der Waals surface area contributed by atoms with Crippen LogP contribution in [-0.2, 0) is 11.3 Å². The first-order chi connectivity index (χ1) is 14.5. The van der Waals surface area contributed by atoms with Crippen molar-refractivity contribution in [2.24, 2.45) is 0 Å². The van der Waals surface area contributed by atoms with E-state index in [0.29, 0.717) is 17.2 Å². The minimum absolute atomic E-state index is 0.186. The molecule has 2 N–H and O–H groups in total. The minimum atomic E-state index is -0.919. The van der Waals surface area contributed by atoms with E-state index < -0.39 is 12.1 Å². The molecule has 2 heterocycles. The van der Waals surface area contributed by atoms with Gasteiger partial charge >= 0.3 is 5.97 Å². The standard InChI is InChI=1S/C23H21N3O3S/c1-14-20(17-10-6-7-11-18(17)25-14)21(27)15(2)29-22(28)19-13-30-23(26-19)24-12-16-8-4-3-5-9-16/h3-11,13,15,25H,12H2,1-2H3,(H,24,26)/t15-/m0/s1. The lowest BCUT2D eigenvalue weighted by atomic mass is 10.0. The molecule has 0 radical (unpaired) electrons. The number of esters is 1. The van der Waals surface area contributed by atoms with Crippen molar-refractivity contribution in [2.45, 2.75) is 26.5 Å². The molecule has 0 aliphatic rings. The van der Waals surface area contributed by atoms with Crippen LogP contribution in [-0.4, -0.2) is 27.8 Å². The largest absolute Gasteiger partial charge is 0.450 e. The summed E-state index contributed by atoms with van der Waals surface area (Å²) in [6.07, 6.45) is -0.919. The monoisotopic (exact) mass is 419 g/mol. The third-order valence-corrected chi connectivity index (χ3v) is 5.59. The van der Waals surface area contributed by atoms with Crippen LogP contribution in [0.25, 0.3) is 10.9 Å². The number of ether oxygens (including phenoxy) is 1. The second-order valence-corrected chi connectivity index (χ2v) is 7.82. The SMILES string of the molecule is Cc1[nH]c2ccccc2c1C(=O)[C@H](C)OC(=O)c1csc(NCc2ccccc2)n1. The van der Waals surface area contributed by atoms with E-state index in [9.17, 15) is 9.59 Å². The fourth-order valence-corrected chi connectivity index (χ4v) is 3.97. The number of benzene rings is 2. The highest BCUT2D eigenvalue weighted by atomic mass is 32.1. The molecule has 0 spiro atoms. The molecule has 30 heavy (non-hydrogen) atoms. The number of thiazole rings is 1. The Morgan fingerprint density at radius 3 is 2.67 bits per heavy atom. The number of aromatic nitrogens is 2. The molecule has 152 valence electrons. The van der Waals surface area contributed by atoms with Gasteiger partial charge < -0.3 is 15.0 Å². The van der Waals surface area contributed by atoms with E-state index in [-0.39, 0.29) is 11.5 Å². The van der Waals surface area contributed by atoms with E-state index in [1.807, 2.05) is 61.5 Å². The maximum Gasteiger partial charge on any atom is 0.358 e. The molecule has 0 aliphatic heterocycles. The predicted octanol–water partition coefficient (Wildman–Crippen LogP) is 4.97. The number of para-hydroxylation sites is 1. The summed E-state index contributed by atoms with van der Waals surface area (Å²) < 4.78 is 5.42. The van der Waals surface area contributed by atoms with Gasteiger partial charge in [0.25, 0.3) is 0 Å². The maximum absolute atomic E-state index is 12.9. The average Bonchev–Trinajstić information content (AvgIpc) is 3.36. The Balaban J connectivity index is 1.41. The number of hydrogen-bond donors (Lipinski definition) is 2. The number of nitrogens with zero attached hydrogens (tertiary/aromatic N) is 1. The topological polar surface area (TPSA) is 84.1 Å². The number of anilines is 1. The molecule has 0 saturated carbocycles. The Morgan fingerprint density at radius 2 is 1.87 bits per heavy atom. The quantitative estimate of drug-likeness (QED) is 0.326. The van der Waals surface area contributed by atoms with Crippen LogP contribution >= 0.6 is 11.3 Å². The van der Waals surface area contributed by atoms with E-state index in [4.69, 9.17) is 4.74 Å². The molecule has 2 aromatic heterocycles. The molecule has 4 aromatic rings.